The highest BCUT2D eigenvalue weighted by Crippen LogP contribution is 2.61. The topological polar surface area (TPSA) is 365 Å². The molecule has 21 nitrogen and oxygen atoms in total. The molecule has 0 aromatic carbocycles. The van der Waals surface area contributed by atoms with E-state index in [0.717, 1.165) is 6.92 Å². The van der Waals surface area contributed by atoms with Crippen LogP contribution in [0.1, 0.15) is 125 Å². The Kier molecular flexibility index (Phi) is 13.9. The molecule has 0 spiro atoms. The molecule has 1 unspecified atom stereocenters. The zero-order valence-electron chi connectivity index (χ0n) is 37.1. The molecule has 5 aliphatic heterocycles. The zero-order chi connectivity index (χ0) is 49.5. The van der Waals surface area contributed by atoms with Crippen LogP contribution < -0.4 is 5.32 Å². The lowest BCUT2D eigenvalue weighted by atomic mass is 9.59. The second-order valence-corrected chi connectivity index (χ2v) is 18.5. The fraction of sp³-hybridized carbons (Fsp3) is 0.556. The number of aliphatic carboxylic acids is 8. The average Bonchev–Trinajstić information content (AvgIpc) is 3.75. The zero-order valence-corrected chi connectivity index (χ0v) is 37.1. The maximum Gasteiger partial charge on any atom is 0.307 e. The number of aliphatic imine (C=N–C) groups is 3. The summed E-state index contributed by atoms with van der Waals surface area (Å²) in [5, 5.41) is 84.8. The van der Waals surface area contributed by atoms with Crippen LogP contribution in [0.4, 0.5) is 0 Å². The third-order valence-electron chi connectivity index (χ3n) is 14.1. The van der Waals surface area contributed by atoms with Gasteiger partial charge < -0.3 is 46.2 Å². The lowest BCUT2D eigenvalue weighted by Crippen LogP contribution is -2.59. The number of carbonyl (C=O) groups is 9. The van der Waals surface area contributed by atoms with Crippen LogP contribution in [-0.4, -0.2) is 123 Å². The van der Waals surface area contributed by atoms with Gasteiger partial charge in [0, 0.05) is 83.5 Å². The van der Waals surface area contributed by atoms with Gasteiger partial charge in [-0.05, 0) is 74.8 Å². The van der Waals surface area contributed by atoms with Gasteiger partial charge in [0.1, 0.15) is 5.54 Å². The summed E-state index contributed by atoms with van der Waals surface area (Å²) < 4.78 is 0. The van der Waals surface area contributed by atoms with E-state index in [4.69, 9.17) is 15.0 Å². The standard InChI is InChI=1S/C45H54N4O17/c1-21(50)45-40-26(15-37(61)62)41(2,13-12-35(57)58)30(47-40)16-27-22(6-9-32(51)52)25(14-36(59)60)44(5,48-27)18-29-23(7-10-33(53)54)42(3,19-38(63)64)31(46-29)17-28(49-45)24(8-11-34(55)56)43(45,4)20-39(65)66/h17,24,49H,6-16,18-20H2,1-5H3,(H,51,52)(H,53,54)(H,55,56)(H,57,58)(H,59,60)(H,61,62)(H,63,64)(H,65,66)/b28-17-/t24-,41-,42+,43+,44?,45+/m1/s1. The van der Waals surface area contributed by atoms with Crippen LogP contribution in [0.2, 0.25) is 0 Å². The number of rotatable bonds is 21. The van der Waals surface area contributed by atoms with Gasteiger partial charge in [-0.1, -0.05) is 13.8 Å². The van der Waals surface area contributed by atoms with Crippen molar-refractivity contribution in [3.05, 3.63) is 45.5 Å². The minimum atomic E-state index is -2.33. The maximum absolute atomic E-state index is 14.8. The molecule has 0 aromatic rings. The first-order chi connectivity index (χ1) is 30.5. The van der Waals surface area contributed by atoms with E-state index < -0.39 is 138 Å². The van der Waals surface area contributed by atoms with Crippen molar-refractivity contribution in [2.24, 2.45) is 37.1 Å². The number of nitrogens with zero attached hydrogens (tertiary/aromatic N) is 3. The Bertz CT molecular complexity index is 2460. The van der Waals surface area contributed by atoms with Crippen LogP contribution in [0.3, 0.4) is 0 Å². The van der Waals surface area contributed by atoms with Gasteiger partial charge in [-0.3, -0.25) is 58.1 Å². The number of Topliss-reactive ketones (excluding diaryl/α,β-unsaturated/α-hetero) is 1. The quantitative estimate of drug-likeness (QED) is 0.0764. The molecule has 0 aromatic heterocycles. The van der Waals surface area contributed by atoms with E-state index in [-0.39, 0.29) is 95.0 Å². The molecule has 1 saturated heterocycles. The summed E-state index contributed by atoms with van der Waals surface area (Å²) in [6.07, 6.45) is -5.82. The van der Waals surface area contributed by atoms with E-state index >= 15 is 0 Å². The molecule has 1 fully saturated rings. The van der Waals surface area contributed by atoms with Gasteiger partial charge in [0.2, 0.25) is 0 Å². The Morgan fingerprint density at radius 1 is 0.652 bits per heavy atom. The molecule has 5 heterocycles. The summed E-state index contributed by atoms with van der Waals surface area (Å²) in [6.45, 7) is 7.08. The van der Waals surface area contributed by atoms with Crippen LogP contribution in [0.5, 0.6) is 0 Å². The van der Waals surface area contributed by atoms with Crippen LogP contribution in [-0.2, 0) is 43.2 Å². The Balaban J connectivity index is 2.05. The lowest BCUT2D eigenvalue weighted by molar-refractivity contribution is -0.143. The minimum Gasteiger partial charge on any atom is -0.481 e. The largest absolute Gasteiger partial charge is 0.481 e. The predicted molar refractivity (Wildman–Crippen MR) is 230 cm³/mol. The molecule has 0 amide bonds. The first-order valence-electron chi connectivity index (χ1n) is 21.2. The molecule has 0 saturated carbocycles. The fourth-order valence-electron chi connectivity index (χ4n) is 11.0. The van der Waals surface area contributed by atoms with Gasteiger partial charge >= 0.3 is 47.8 Å². The number of allylic oxidation sites excluding steroid dienone is 4. The molecule has 9 N–H and O–H groups in total. The Morgan fingerprint density at radius 2 is 1.21 bits per heavy atom. The summed E-state index contributed by atoms with van der Waals surface area (Å²) in [5.74, 6) is -12.7. The van der Waals surface area contributed by atoms with Gasteiger partial charge in [0.15, 0.2) is 5.78 Å². The number of hydrogen-bond donors (Lipinski definition) is 9. The van der Waals surface area contributed by atoms with E-state index in [1.165, 1.54) is 26.8 Å². The second-order valence-electron chi connectivity index (χ2n) is 18.5. The highest BCUT2D eigenvalue weighted by atomic mass is 16.4. The van der Waals surface area contributed by atoms with Crippen molar-refractivity contribution < 1.29 is 84.0 Å². The van der Waals surface area contributed by atoms with Crippen molar-refractivity contribution in [2.45, 2.75) is 136 Å². The van der Waals surface area contributed by atoms with Gasteiger partial charge in [-0.15, -0.1) is 0 Å². The monoisotopic (exact) mass is 922 g/mol. The molecular weight excluding hydrogens is 869 g/mol. The van der Waals surface area contributed by atoms with E-state index in [0.29, 0.717) is 0 Å². The van der Waals surface area contributed by atoms with Gasteiger partial charge in [0.05, 0.1) is 42.6 Å². The van der Waals surface area contributed by atoms with Crippen LogP contribution >= 0.6 is 0 Å². The first-order valence-corrected chi connectivity index (χ1v) is 21.2. The Labute approximate surface area is 377 Å². The van der Waals surface area contributed by atoms with Crippen molar-refractivity contribution >= 4 is 70.7 Å². The normalized spacial score (nSPS) is 29.7. The average molecular weight is 923 g/mol. The van der Waals surface area contributed by atoms with Gasteiger partial charge in [-0.2, -0.15) is 0 Å². The summed E-state index contributed by atoms with van der Waals surface area (Å²) >= 11 is 0. The fourth-order valence-corrected chi connectivity index (χ4v) is 11.0. The summed E-state index contributed by atoms with van der Waals surface area (Å²) in [5.41, 5.74) is -8.74. The molecule has 66 heavy (non-hydrogen) atoms. The Hall–Kier alpha value is -6.80. The number of ketones is 1. The van der Waals surface area contributed by atoms with Crippen LogP contribution in [0.25, 0.3) is 0 Å². The molecule has 0 radical (unpaired) electrons. The number of carbonyl (C=O) groups excluding carboxylic acids is 1. The third-order valence-corrected chi connectivity index (χ3v) is 14.1. The SMILES string of the molecule is CC(=O)[C@]12N/C(=C\C3=NC(=C(CCC(=O)O)[C@]3(C)CC(=O)O)CC3(C)N=C(CC4=NC1=C(CC(=O)O)[C@@]4(C)CCC(=O)O)C(CCC(=O)O)=C3CC(=O)O)[C@@H](CCC(=O)O)[C@]2(C)CC(=O)O. The molecular formula is C45H54N4O17. The number of hydrogen-bond acceptors (Lipinski definition) is 13. The van der Waals surface area contributed by atoms with Crippen LogP contribution in [0.15, 0.2) is 60.4 Å². The Morgan fingerprint density at radius 3 is 1.74 bits per heavy atom. The highest BCUT2D eigenvalue weighted by molar-refractivity contribution is 6.18. The predicted octanol–water partition coefficient (Wildman–Crippen LogP) is 4.52. The molecule has 21 heteroatoms. The van der Waals surface area contributed by atoms with Crippen molar-refractivity contribution in [2.75, 3.05) is 0 Å². The molecule has 5 rings (SSSR count). The van der Waals surface area contributed by atoms with Crippen molar-refractivity contribution in [1.82, 2.24) is 5.32 Å². The highest BCUT2D eigenvalue weighted by Gasteiger charge is 2.67. The first kappa shape index (κ1) is 50.2. The van der Waals surface area contributed by atoms with Gasteiger partial charge in [0.25, 0.3) is 0 Å². The van der Waals surface area contributed by atoms with Crippen molar-refractivity contribution in [1.29, 1.82) is 0 Å². The number of fused-ring (bicyclic) bond motifs is 6. The second kappa shape index (κ2) is 18.2. The van der Waals surface area contributed by atoms with E-state index in [1.54, 1.807) is 6.92 Å². The lowest BCUT2D eigenvalue weighted by Gasteiger charge is -2.44. The molecule has 5 aliphatic rings. The minimum absolute atomic E-state index is 0.00606. The van der Waals surface area contributed by atoms with Crippen molar-refractivity contribution in [3.8, 4) is 0 Å². The summed E-state index contributed by atoms with van der Waals surface area (Å²) in [7, 11) is 0. The molecule has 8 bridgehead atoms. The molecule has 6 atom stereocenters. The van der Waals surface area contributed by atoms with E-state index in [1.807, 2.05) is 0 Å². The smallest absolute Gasteiger partial charge is 0.307 e. The molecule has 0 aliphatic carbocycles. The summed E-state index contributed by atoms with van der Waals surface area (Å²) in [6, 6.07) is 0. The van der Waals surface area contributed by atoms with E-state index in [2.05, 4.69) is 5.32 Å². The van der Waals surface area contributed by atoms with Gasteiger partial charge in [-0.25, -0.2) is 0 Å². The van der Waals surface area contributed by atoms with E-state index in [9.17, 15) is 84.0 Å². The number of nitrogens with one attached hydrogen (secondary N) is 1. The van der Waals surface area contributed by atoms with Crippen molar-refractivity contribution in [3.63, 3.8) is 0 Å². The maximum atomic E-state index is 14.8. The number of carboxylic acids is 8. The number of carboxylic acid groups (broad SMARTS) is 8. The molecule has 356 valence electrons. The van der Waals surface area contributed by atoms with Crippen LogP contribution in [0, 0.1) is 22.2 Å². The third kappa shape index (κ3) is 9.19. The summed E-state index contributed by atoms with van der Waals surface area (Å²) in [4.78, 5) is 130.